The predicted octanol–water partition coefficient (Wildman–Crippen LogP) is 3.26. The first-order chi connectivity index (χ1) is 7.89. The van der Waals surface area contributed by atoms with Crippen molar-refractivity contribution in [2.24, 2.45) is 17.6 Å². The average molecular weight is 240 g/mol. The Morgan fingerprint density at radius 3 is 2.18 bits per heavy atom. The summed E-state index contributed by atoms with van der Waals surface area (Å²) in [7, 11) is 0. The molecule has 0 aromatic rings. The summed E-state index contributed by atoms with van der Waals surface area (Å²) in [4.78, 5) is 2.66. The van der Waals surface area contributed by atoms with Crippen molar-refractivity contribution in [2.45, 2.75) is 71.9 Å². The summed E-state index contributed by atoms with van der Waals surface area (Å²) in [6.07, 6.45) is 5.36. The highest BCUT2D eigenvalue weighted by Gasteiger charge is 2.36. The number of rotatable bonds is 8. The summed E-state index contributed by atoms with van der Waals surface area (Å²) < 4.78 is 0. The Labute approximate surface area is 108 Å². The Kier molecular flexibility index (Phi) is 5.46. The molecule has 1 aliphatic carbocycles. The van der Waals surface area contributed by atoms with Crippen molar-refractivity contribution in [3.8, 4) is 0 Å². The average Bonchev–Trinajstić information content (AvgIpc) is 3.06. The first-order valence-corrected chi connectivity index (χ1v) is 7.36. The van der Waals surface area contributed by atoms with Gasteiger partial charge in [-0.05, 0) is 58.3 Å². The SMILES string of the molecule is CC(C)CCC(C)(CN)N(CC1CC1)C(C)C. The van der Waals surface area contributed by atoms with Crippen LogP contribution in [0.15, 0.2) is 0 Å². The van der Waals surface area contributed by atoms with Gasteiger partial charge in [-0.3, -0.25) is 4.90 Å². The van der Waals surface area contributed by atoms with Crippen LogP contribution in [0.4, 0.5) is 0 Å². The summed E-state index contributed by atoms with van der Waals surface area (Å²) in [6, 6.07) is 0.608. The van der Waals surface area contributed by atoms with Crippen LogP contribution in [0.3, 0.4) is 0 Å². The van der Waals surface area contributed by atoms with Crippen LogP contribution in [-0.4, -0.2) is 29.6 Å². The number of hydrogen-bond donors (Lipinski definition) is 1. The van der Waals surface area contributed by atoms with Crippen LogP contribution in [0.2, 0.25) is 0 Å². The lowest BCUT2D eigenvalue weighted by Crippen LogP contribution is -2.55. The van der Waals surface area contributed by atoms with Crippen molar-refractivity contribution in [1.29, 1.82) is 0 Å². The summed E-state index contributed by atoms with van der Waals surface area (Å²) in [5.41, 5.74) is 6.28. The van der Waals surface area contributed by atoms with Gasteiger partial charge in [0.05, 0.1) is 0 Å². The third-order valence-electron chi connectivity index (χ3n) is 4.17. The Morgan fingerprint density at radius 2 is 1.82 bits per heavy atom. The van der Waals surface area contributed by atoms with E-state index in [4.69, 9.17) is 5.73 Å². The van der Waals surface area contributed by atoms with Crippen LogP contribution < -0.4 is 5.73 Å². The van der Waals surface area contributed by atoms with Gasteiger partial charge in [0.25, 0.3) is 0 Å². The van der Waals surface area contributed by atoms with E-state index in [9.17, 15) is 0 Å². The zero-order valence-electron chi connectivity index (χ0n) is 12.5. The molecule has 17 heavy (non-hydrogen) atoms. The largest absolute Gasteiger partial charge is 0.329 e. The highest BCUT2D eigenvalue weighted by molar-refractivity contribution is 4.92. The maximum atomic E-state index is 6.09. The monoisotopic (exact) mass is 240 g/mol. The Balaban J connectivity index is 2.63. The number of nitrogens with two attached hydrogens (primary N) is 1. The molecule has 102 valence electrons. The molecule has 0 aromatic carbocycles. The van der Waals surface area contributed by atoms with E-state index in [1.807, 2.05) is 0 Å². The Hall–Kier alpha value is -0.0800. The molecule has 1 atom stereocenters. The van der Waals surface area contributed by atoms with Crippen molar-refractivity contribution < 1.29 is 0 Å². The van der Waals surface area contributed by atoms with Crippen LogP contribution in [0.1, 0.15) is 60.3 Å². The lowest BCUT2D eigenvalue weighted by molar-refractivity contribution is 0.0587. The molecule has 0 heterocycles. The third kappa shape index (κ3) is 4.59. The molecule has 2 nitrogen and oxygen atoms in total. The molecule has 1 aliphatic rings. The lowest BCUT2D eigenvalue weighted by Gasteiger charge is -2.44. The van der Waals surface area contributed by atoms with Gasteiger partial charge in [-0.1, -0.05) is 13.8 Å². The smallest absolute Gasteiger partial charge is 0.0306 e. The maximum absolute atomic E-state index is 6.09. The van der Waals surface area contributed by atoms with E-state index in [-0.39, 0.29) is 5.54 Å². The molecular weight excluding hydrogens is 208 g/mol. The molecule has 0 aliphatic heterocycles. The first-order valence-electron chi connectivity index (χ1n) is 7.36. The summed E-state index contributed by atoms with van der Waals surface area (Å²) in [5, 5.41) is 0. The van der Waals surface area contributed by atoms with Crippen LogP contribution in [0, 0.1) is 11.8 Å². The zero-order chi connectivity index (χ0) is 13.1. The van der Waals surface area contributed by atoms with Gasteiger partial charge >= 0.3 is 0 Å². The molecule has 2 heteroatoms. The van der Waals surface area contributed by atoms with Gasteiger partial charge in [0.2, 0.25) is 0 Å². The molecule has 0 bridgehead atoms. The van der Waals surface area contributed by atoms with E-state index in [0.29, 0.717) is 6.04 Å². The van der Waals surface area contributed by atoms with Crippen LogP contribution in [-0.2, 0) is 0 Å². The number of nitrogens with zero attached hydrogens (tertiary/aromatic N) is 1. The highest BCUT2D eigenvalue weighted by Crippen LogP contribution is 2.34. The second-order valence-corrected chi connectivity index (χ2v) is 6.82. The summed E-state index contributed by atoms with van der Waals surface area (Å²) >= 11 is 0. The van der Waals surface area contributed by atoms with Crippen molar-refractivity contribution in [3.05, 3.63) is 0 Å². The van der Waals surface area contributed by atoms with Gasteiger partial charge < -0.3 is 5.73 Å². The molecule has 1 rings (SSSR count). The van der Waals surface area contributed by atoms with E-state index in [0.717, 1.165) is 18.4 Å². The topological polar surface area (TPSA) is 29.3 Å². The molecule has 2 N–H and O–H groups in total. The fourth-order valence-corrected chi connectivity index (χ4v) is 2.60. The zero-order valence-corrected chi connectivity index (χ0v) is 12.5. The van der Waals surface area contributed by atoms with E-state index >= 15 is 0 Å². The van der Waals surface area contributed by atoms with Crippen molar-refractivity contribution in [2.75, 3.05) is 13.1 Å². The maximum Gasteiger partial charge on any atom is 0.0306 e. The molecule has 1 unspecified atom stereocenters. The molecule has 0 radical (unpaired) electrons. The van der Waals surface area contributed by atoms with Gasteiger partial charge in [0.1, 0.15) is 0 Å². The van der Waals surface area contributed by atoms with E-state index in [1.165, 1.54) is 32.2 Å². The summed E-state index contributed by atoms with van der Waals surface area (Å²) in [5.74, 6) is 1.72. The van der Waals surface area contributed by atoms with Gasteiger partial charge in [-0.15, -0.1) is 0 Å². The molecule has 0 saturated heterocycles. The van der Waals surface area contributed by atoms with Crippen molar-refractivity contribution >= 4 is 0 Å². The molecular formula is C15H32N2. The van der Waals surface area contributed by atoms with E-state index < -0.39 is 0 Å². The van der Waals surface area contributed by atoms with Gasteiger partial charge in [-0.2, -0.15) is 0 Å². The van der Waals surface area contributed by atoms with Crippen LogP contribution in [0.25, 0.3) is 0 Å². The number of hydrogen-bond acceptors (Lipinski definition) is 2. The molecule has 0 amide bonds. The minimum absolute atomic E-state index is 0.195. The minimum atomic E-state index is 0.195. The second kappa shape index (κ2) is 6.19. The molecule has 1 fully saturated rings. The lowest BCUT2D eigenvalue weighted by atomic mass is 9.88. The minimum Gasteiger partial charge on any atom is -0.329 e. The normalized spacial score (nSPS) is 20.3. The predicted molar refractivity (Wildman–Crippen MR) is 76.1 cm³/mol. The van der Waals surface area contributed by atoms with E-state index in [1.54, 1.807) is 0 Å². The molecule has 0 spiro atoms. The van der Waals surface area contributed by atoms with Crippen LogP contribution in [0.5, 0.6) is 0 Å². The third-order valence-corrected chi connectivity index (χ3v) is 4.17. The standard InChI is InChI=1S/C15H32N2/c1-12(2)8-9-15(5,11-16)17(13(3)4)10-14-6-7-14/h12-14H,6-11,16H2,1-5H3. The summed E-state index contributed by atoms with van der Waals surface area (Å²) in [6.45, 7) is 13.6. The fourth-order valence-electron chi connectivity index (χ4n) is 2.60. The van der Waals surface area contributed by atoms with Gasteiger partial charge in [0, 0.05) is 24.7 Å². The van der Waals surface area contributed by atoms with E-state index in [2.05, 4.69) is 39.5 Å². The molecule has 0 aromatic heterocycles. The Morgan fingerprint density at radius 1 is 1.24 bits per heavy atom. The quantitative estimate of drug-likeness (QED) is 0.705. The van der Waals surface area contributed by atoms with Gasteiger partial charge in [0.15, 0.2) is 0 Å². The first kappa shape index (κ1) is 15.0. The highest BCUT2D eigenvalue weighted by atomic mass is 15.2. The van der Waals surface area contributed by atoms with Crippen LogP contribution >= 0.6 is 0 Å². The van der Waals surface area contributed by atoms with Crippen molar-refractivity contribution in [1.82, 2.24) is 4.90 Å². The second-order valence-electron chi connectivity index (χ2n) is 6.82. The van der Waals surface area contributed by atoms with Crippen molar-refractivity contribution in [3.63, 3.8) is 0 Å². The van der Waals surface area contributed by atoms with Gasteiger partial charge in [-0.25, -0.2) is 0 Å². The Bertz CT molecular complexity index is 221. The molecule has 1 saturated carbocycles. The fraction of sp³-hybridized carbons (Fsp3) is 1.00.